The summed E-state index contributed by atoms with van der Waals surface area (Å²) in [7, 11) is -1.84. The van der Waals surface area contributed by atoms with Gasteiger partial charge in [0.15, 0.2) is 0 Å². The van der Waals surface area contributed by atoms with Crippen molar-refractivity contribution in [1.29, 1.82) is 0 Å². The number of amides is 1. The van der Waals surface area contributed by atoms with E-state index in [0.29, 0.717) is 13.0 Å². The molecule has 0 saturated carbocycles. The molecule has 0 atom stereocenters. The van der Waals surface area contributed by atoms with Crippen LogP contribution in [-0.2, 0) is 19.6 Å². The maximum absolute atomic E-state index is 11.7. The summed E-state index contributed by atoms with van der Waals surface area (Å²) in [5, 5.41) is 0. The van der Waals surface area contributed by atoms with E-state index in [1.165, 1.54) is 0 Å². The van der Waals surface area contributed by atoms with E-state index in [0.717, 1.165) is 0 Å². The van der Waals surface area contributed by atoms with Crippen LogP contribution in [-0.4, -0.2) is 50.9 Å². The van der Waals surface area contributed by atoms with Gasteiger partial charge in [-0.25, -0.2) is 8.42 Å². The first-order valence-corrected chi connectivity index (χ1v) is 8.46. The van der Waals surface area contributed by atoms with Gasteiger partial charge < -0.3 is 4.90 Å². The van der Waals surface area contributed by atoms with Crippen LogP contribution in [0, 0.1) is 11.8 Å². The van der Waals surface area contributed by atoms with E-state index in [1.54, 1.807) is 25.8 Å². The number of carbonyl (C=O) groups is 2. The van der Waals surface area contributed by atoms with Gasteiger partial charge in [-0.2, -0.15) is 0 Å². The molecule has 6 nitrogen and oxygen atoms in total. The van der Waals surface area contributed by atoms with Crippen molar-refractivity contribution in [2.75, 3.05) is 25.9 Å². The predicted molar refractivity (Wildman–Crippen MR) is 78.7 cm³/mol. The molecule has 0 aromatic carbocycles. The zero-order valence-corrected chi connectivity index (χ0v) is 13.8. The van der Waals surface area contributed by atoms with Crippen molar-refractivity contribution in [2.24, 2.45) is 11.8 Å². The van der Waals surface area contributed by atoms with Crippen LogP contribution in [0.1, 0.15) is 34.1 Å². The van der Waals surface area contributed by atoms with Crippen LogP contribution in [0.2, 0.25) is 0 Å². The molecule has 0 aliphatic heterocycles. The number of rotatable bonds is 9. The largest absolute Gasteiger partial charge is 0.305 e. The average Bonchev–Trinajstić information content (AvgIpc) is 2.32. The van der Waals surface area contributed by atoms with Gasteiger partial charge in [-0.15, -0.1) is 0 Å². The van der Waals surface area contributed by atoms with Gasteiger partial charge in [0.1, 0.15) is 5.78 Å². The number of ketones is 1. The second kappa shape index (κ2) is 8.36. The zero-order valence-electron chi connectivity index (χ0n) is 13.0. The molecule has 0 heterocycles. The molecule has 0 bridgehead atoms. The predicted octanol–water partition coefficient (Wildman–Crippen LogP) is 0.635. The fourth-order valence-electron chi connectivity index (χ4n) is 1.30. The minimum absolute atomic E-state index is 0.00235. The number of hydrogen-bond acceptors (Lipinski definition) is 5. The molecule has 7 heteroatoms. The molecule has 0 aromatic rings. The zero-order chi connectivity index (χ0) is 15.9. The summed E-state index contributed by atoms with van der Waals surface area (Å²) < 4.78 is 25.4. The fraction of sp³-hybridized carbons (Fsp3) is 0.846. The van der Waals surface area contributed by atoms with Gasteiger partial charge in [0, 0.05) is 31.3 Å². The number of nitrogens with one attached hydrogen (secondary N) is 1. The van der Waals surface area contributed by atoms with E-state index in [1.807, 2.05) is 18.6 Å². The molecule has 0 unspecified atom stereocenters. The van der Waals surface area contributed by atoms with Crippen molar-refractivity contribution < 1.29 is 18.0 Å². The SMILES string of the molecule is CC(C)C(=O)CCN(C)CCS(=O)(=O)NC(=O)C(C)C. The summed E-state index contributed by atoms with van der Waals surface area (Å²) in [5.74, 6) is -0.864. The summed E-state index contributed by atoms with van der Waals surface area (Å²) in [6, 6.07) is 0. The molecular formula is C13H26N2O4S. The van der Waals surface area contributed by atoms with Crippen molar-refractivity contribution >= 4 is 21.7 Å². The van der Waals surface area contributed by atoms with Gasteiger partial charge in [0.2, 0.25) is 15.9 Å². The summed E-state index contributed by atoms with van der Waals surface area (Å²) >= 11 is 0. The topological polar surface area (TPSA) is 83.6 Å². The third kappa shape index (κ3) is 8.27. The second-order valence-corrected chi connectivity index (χ2v) is 7.46. The molecule has 0 radical (unpaired) electrons. The highest BCUT2D eigenvalue weighted by molar-refractivity contribution is 7.90. The lowest BCUT2D eigenvalue weighted by Crippen LogP contribution is -2.38. The lowest BCUT2D eigenvalue weighted by molar-refractivity contribution is -0.122. The standard InChI is InChI=1S/C13H26N2O4S/c1-10(2)12(16)6-7-15(5)8-9-20(18,19)14-13(17)11(3)4/h10-11H,6-9H2,1-5H3,(H,14,17). The molecule has 20 heavy (non-hydrogen) atoms. The number of Topliss-reactive ketones (excluding diaryl/α,β-unsaturated/α-hetero) is 1. The Kier molecular flexibility index (Phi) is 7.96. The van der Waals surface area contributed by atoms with Gasteiger partial charge in [-0.1, -0.05) is 27.7 Å². The summed E-state index contributed by atoms with van der Waals surface area (Å²) in [6.07, 6.45) is 0.409. The first-order chi connectivity index (χ1) is 9.05. The van der Waals surface area contributed by atoms with E-state index in [-0.39, 0.29) is 29.9 Å². The molecule has 1 amide bonds. The Hall–Kier alpha value is -0.950. The van der Waals surface area contributed by atoms with Gasteiger partial charge in [0.05, 0.1) is 5.75 Å². The summed E-state index contributed by atoms with van der Waals surface area (Å²) in [6.45, 7) is 7.75. The smallest absolute Gasteiger partial charge is 0.236 e. The lowest BCUT2D eigenvalue weighted by Gasteiger charge is -2.17. The van der Waals surface area contributed by atoms with E-state index < -0.39 is 15.9 Å². The van der Waals surface area contributed by atoms with E-state index in [9.17, 15) is 18.0 Å². The molecule has 0 spiro atoms. The number of hydrogen-bond donors (Lipinski definition) is 1. The molecule has 0 aliphatic rings. The van der Waals surface area contributed by atoms with Crippen LogP contribution in [0.5, 0.6) is 0 Å². The van der Waals surface area contributed by atoms with Crippen LogP contribution in [0.25, 0.3) is 0 Å². The highest BCUT2D eigenvalue weighted by Crippen LogP contribution is 2.00. The van der Waals surface area contributed by atoms with Gasteiger partial charge in [-0.05, 0) is 7.05 Å². The Morgan fingerprint density at radius 3 is 2.05 bits per heavy atom. The van der Waals surface area contributed by atoms with Gasteiger partial charge in [0.25, 0.3) is 0 Å². The van der Waals surface area contributed by atoms with Crippen LogP contribution in [0.15, 0.2) is 0 Å². The molecule has 118 valence electrons. The van der Waals surface area contributed by atoms with E-state index >= 15 is 0 Å². The van der Waals surface area contributed by atoms with Gasteiger partial charge in [-0.3, -0.25) is 14.3 Å². The normalized spacial score (nSPS) is 12.2. The molecule has 0 rings (SSSR count). The van der Waals surface area contributed by atoms with E-state index in [4.69, 9.17) is 0 Å². The Morgan fingerprint density at radius 1 is 1.05 bits per heavy atom. The Labute approximate surface area is 122 Å². The van der Waals surface area contributed by atoms with Crippen molar-refractivity contribution in [1.82, 2.24) is 9.62 Å². The minimum atomic E-state index is -3.60. The minimum Gasteiger partial charge on any atom is -0.305 e. The third-order valence-electron chi connectivity index (χ3n) is 2.91. The molecule has 0 saturated heterocycles. The van der Waals surface area contributed by atoms with Crippen molar-refractivity contribution in [2.45, 2.75) is 34.1 Å². The first kappa shape index (κ1) is 19.1. The quantitative estimate of drug-likeness (QED) is 0.675. The summed E-state index contributed by atoms with van der Waals surface area (Å²) in [5.41, 5.74) is 0. The molecule has 0 aliphatic carbocycles. The Morgan fingerprint density at radius 2 is 1.60 bits per heavy atom. The highest BCUT2D eigenvalue weighted by Gasteiger charge is 2.18. The molecule has 1 N–H and O–H groups in total. The maximum Gasteiger partial charge on any atom is 0.236 e. The number of nitrogens with zero attached hydrogens (tertiary/aromatic N) is 1. The van der Waals surface area contributed by atoms with Crippen LogP contribution in [0.4, 0.5) is 0 Å². The molecule has 0 aromatic heterocycles. The second-order valence-electron chi connectivity index (χ2n) is 5.61. The van der Waals surface area contributed by atoms with Crippen molar-refractivity contribution in [3.63, 3.8) is 0 Å². The Bertz CT molecular complexity index is 430. The summed E-state index contributed by atoms with van der Waals surface area (Å²) in [4.78, 5) is 24.6. The van der Waals surface area contributed by atoms with Crippen molar-refractivity contribution in [3.05, 3.63) is 0 Å². The average molecular weight is 306 g/mol. The van der Waals surface area contributed by atoms with Crippen LogP contribution >= 0.6 is 0 Å². The number of sulfonamides is 1. The van der Waals surface area contributed by atoms with Crippen LogP contribution < -0.4 is 4.72 Å². The third-order valence-corrected chi connectivity index (χ3v) is 4.14. The maximum atomic E-state index is 11.7. The fourth-order valence-corrected chi connectivity index (χ4v) is 2.50. The molecule has 0 fully saturated rings. The lowest BCUT2D eigenvalue weighted by atomic mass is 10.1. The molecular weight excluding hydrogens is 280 g/mol. The number of carbonyl (C=O) groups excluding carboxylic acids is 2. The van der Waals surface area contributed by atoms with Crippen molar-refractivity contribution in [3.8, 4) is 0 Å². The Balaban J connectivity index is 4.14. The van der Waals surface area contributed by atoms with E-state index in [2.05, 4.69) is 0 Å². The van der Waals surface area contributed by atoms with Gasteiger partial charge >= 0.3 is 0 Å². The van der Waals surface area contributed by atoms with Crippen LogP contribution in [0.3, 0.4) is 0 Å². The monoisotopic (exact) mass is 306 g/mol. The first-order valence-electron chi connectivity index (χ1n) is 6.80. The highest BCUT2D eigenvalue weighted by atomic mass is 32.2.